The highest BCUT2D eigenvalue weighted by molar-refractivity contribution is 6.05. The molecule has 0 atom stereocenters. The summed E-state index contributed by atoms with van der Waals surface area (Å²) in [5.74, 6) is -1.59. The Labute approximate surface area is 151 Å². The van der Waals surface area contributed by atoms with Gasteiger partial charge in [-0.2, -0.15) is 13.2 Å². The fraction of sp³-hybridized carbons (Fsp3) is 0.158. The van der Waals surface area contributed by atoms with Gasteiger partial charge in [-0.25, -0.2) is 4.39 Å². The third kappa shape index (κ3) is 3.55. The number of para-hydroxylation sites is 1. The van der Waals surface area contributed by atoms with Crippen LogP contribution in [0.5, 0.6) is 0 Å². The fourth-order valence-corrected chi connectivity index (χ4v) is 2.75. The maximum absolute atomic E-state index is 13.7. The molecule has 0 aliphatic heterocycles. The Morgan fingerprint density at radius 1 is 1.15 bits per heavy atom. The van der Waals surface area contributed by atoms with E-state index in [1.807, 2.05) is 0 Å². The molecule has 1 aromatic heterocycles. The Kier molecular flexibility index (Phi) is 4.73. The zero-order valence-electron chi connectivity index (χ0n) is 14.1. The lowest BCUT2D eigenvalue weighted by Gasteiger charge is -2.14. The summed E-state index contributed by atoms with van der Waals surface area (Å²) < 4.78 is 54.2. The molecule has 0 saturated heterocycles. The van der Waals surface area contributed by atoms with E-state index in [0.29, 0.717) is 6.54 Å². The van der Waals surface area contributed by atoms with Crippen molar-refractivity contribution in [3.8, 4) is 0 Å². The number of alkyl halides is 3. The van der Waals surface area contributed by atoms with E-state index in [4.69, 9.17) is 0 Å². The van der Waals surface area contributed by atoms with E-state index < -0.39 is 28.9 Å². The lowest BCUT2D eigenvalue weighted by molar-refractivity contribution is -0.137. The number of rotatable bonds is 3. The molecule has 0 aliphatic carbocycles. The summed E-state index contributed by atoms with van der Waals surface area (Å²) in [6, 6.07) is 8.19. The van der Waals surface area contributed by atoms with Crippen molar-refractivity contribution in [3.05, 3.63) is 75.8 Å². The van der Waals surface area contributed by atoms with Crippen LogP contribution in [0.15, 0.2) is 53.5 Å². The molecule has 4 nitrogen and oxygen atoms in total. The van der Waals surface area contributed by atoms with Crippen LogP contribution < -0.4 is 10.7 Å². The van der Waals surface area contributed by atoms with Crippen molar-refractivity contribution >= 4 is 22.5 Å². The number of amides is 1. The molecule has 0 saturated carbocycles. The molecule has 0 aliphatic rings. The van der Waals surface area contributed by atoms with E-state index in [1.165, 1.54) is 35.0 Å². The number of carbonyl (C=O) groups excluding carboxylic acids is 1. The third-order valence-corrected chi connectivity index (χ3v) is 4.11. The lowest BCUT2D eigenvalue weighted by atomic mass is 10.1. The molecule has 0 fully saturated rings. The van der Waals surface area contributed by atoms with Crippen LogP contribution in [0.2, 0.25) is 0 Å². The van der Waals surface area contributed by atoms with Crippen molar-refractivity contribution in [2.75, 3.05) is 5.32 Å². The predicted octanol–water partition coefficient (Wildman–Crippen LogP) is 4.43. The number of aryl methyl sites for hydroxylation is 1. The van der Waals surface area contributed by atoms with E-state index in [1.54, 1.807) is 6.92 Å². The molecule has 0 radical (unpaired) electrons. The minimum atomic E-state index is -4.62. The molecule has 1 amide bonds. The van der Waals surface area contributed by atoms with Gasteiger partial charge in [-0.05, 0) is 37.3 Å². The number of nitrogens with zero attached hydrogens (tertiary/aromatic N) is 1. The maximum Gasteiger partial charge on any atom is 0.416 e. The molecule has 0 spiro atoms. The fourth-order valence-electron chi connectivity index (χ4n) is 2.75. The number of benzene rings is 2. The largest absolute Gasteiger partial charge is 0.416 e. The van der Waals surface area contributed by atoms with Gasteiger partial charge in [-0.3, -0.25) is 9.59 Å². The normalized spacial score (nSPS) is 11.6. The van der Waals surface area contributed by atoms with Crippen LogP contribution >= 0.6 is 0 Å². The summed E-state index contributed by atoms with van der Waals surface area (Å²) >= 11 is 0. The standard InChI is InChI=1S/C19H14F4N2O2/c1-2-25-10-13(18(27)24-15-6-4-3-5-14(15)20)17(26)12-9-11(19(21,22)23)7-8-16(12)25/h3-10H,2H2,1H3,(H,24,27). The molecule has 8 heteroatoms. The first-order chi connectivity index (χ1) is 12.7. The Morgan fingerprint density at radius 2 is 1.85 bits per heavy atom. The maximum atomic E-state index is 13.7. The second-order valence-electron chi connectivity index (χ2n) is 5.82. The van der Waals surface area contributed by atoms with Crippen molar-refractivity contribution in [3.63, 3.8) is 0 Å². The summed E-state index contributed by atoms with van der Waals surface area (Å²) in [5.41, 5.74) is -2.06. The van der Waals surface area contributed by atoms with Crippen LogP contribution in [0.25, 0.3) is 10.9 Å². The first-order valence-corrected chi connectivity index (χ1v) is 8.02. The number of carbonyl (C=O) groups is 1. The number of fused-ring (bicyclic) bond motifs is 1. The van der Waals surface area contributed by atoms with Gasteiger partial charge in [0.2, 0.25) is 5.43 Å². The van der Waals surface area contributed by atoms with Gasteiger partial charge in [0, 0.05) is 18.1 Å². The van der Waals surface area contributed by atoms with Gasteiger partial charge in [-0.15, -0.1) is 0 Å². The predicted molar refractivity (Wildman–Crippen MR) is 93.2 cm³/mol. The van der Waals surface area contributed by atoms with Gasteiger partial charge in [0.1, 0.15) is 11.4 Å². The quantitative estimate of drug-likeness (QED) is 0.686. The second-order valence-corrected chi connectivity index (χ2v) is 5.82. The Hall–Kier alpha value is -3.16. The number of nitrogens with one attached hydrogen (secondary N) is 1. The topological polar surface area (TPSA) is 51.1 Å². The van der Waals surface area contributed by atoms with E-state index in [9.17, 15) is 27.2 Å². The van der Waals surface area contributed by atoms with E-state index >= 15 is 0 Å². The molecule has 1 heterocycles. The Bertz CT molecular complexity index is 1090. The van der Waals surface area contributed by atoms with Gasteiger partial charge < -0.3 is 9.88 Å². The highest BCUT2D eigenvalue weighted by atomic mass is 19.4. The molecule has 27 heavy (non-hydrogen) atoms. The summed E-state index contributed by atoms with van der Waals surface area (Å²) in [5, 5.41) is 2.05. The van der Waals surface area contributed by atoms with Crippen LogP contribution in [-0.4, -0.2) is 10.5 Å². The van der Waals surface area contributed by atoms with Crippen molar-refractivity contribution < 1.29 is 22.4 Å². The number of anilines is 1. The van der Waals surface area contributed by atoms with Crippen LogP contribution in [0.4, 0.5) is 23.2 Å². The monoisotopic (exact) mass is 378 g/mol. The lowest BCUT2D eigenvalue weighted by Crippen LogP contribution is -2.24. The molecular formula is C19H14F4N2O2. The van der Waals surface area contributed by atoms with Crippen LogP contribution in [0.1, 0.15) is 22.8 Å². The average molecular weight is 378 g/mol. The summed E-state index contributed by atoms with van der Waals surface area (Å²) in [6.45, 7) is 2.04. The van der Waals surface area contributed by atoms with Gasteiger partial charge in [0.05, 0.1) is 16.8 Å². The average Bonchev–Trinajstić information content (AvgIpc) is 2.63. The summed E-state index contributed by atoms with van der Waals surface area (Å²) in [6.07, 6.45) is -3.36. The van der Waals surface area contributed by atoms with Crippen molar-refractivity contribution in [1.82, 2.24) is 4.57 Å². The van der Waals surface area contributed by atoms with Crippen LogP contribution in [0, 0.1) is 5.82 Å². The number of halogens is 4. The van der Waals surface area contributed by atoms with Crippen molar-refractivity contribution in [2.24, 2.45) is 0 Å². The number of pyridine rings is 1. The summed E-state index contributed by atoms with van der Waals surface area (Å²) in [4.78, 5) is 25.1. The summed E-state index contributed by atoms with van der Waals surface area (Å²) in [7, 11) is 0. The number of hydrogen-bond acceptors (Lipinski definition) is 2. The van der Waals surface area contributed by atoms with Crippen LogP contribution in [-0.2, 0) is 12.7 Å². The Balaban J connectivity index is 2.15. The Morgan fingerprint density at radius 3 is 2.48 bits per heavy atom. The molecule has 140 valence electrons. The van der Waals surface area contributed by atoms with E-state index in [2.05, 4.69) is 5.32 Å². The molecule has 2 aromatic carbocycles. The molecule has 0 bridgehead atoms. The zero-order valence-corrected chi connectivity index (χ0v) is 14.1. The molecule has 3 aromatic rings. The highest BCUT2D eigenvalue weighted by Crippen LogP contribution is 2.30. The van der Waals surface area contributed by atoms with Gasteiger partial charge in [0.25, 0.3) is 5.91 Å². The first-order valence-electron chi connectivity index (χ1n) is 8.02. The van der Waals surface area contributed by atoms with Crippen molar-refractivity contribution in [1.29, 1.82) is 0 Å². The van der Waals surface area contributed by atoms with E-state index in [-0.39, 0.29) is 22.2 Å². The highest BCUT2D eigenvalue weighted by Gasteiger charge is 2.31. The SMILES string of the molecule is CCn1cc(C(=O)Nc2ccccc2F)c(=O)c2cc(C(F)(F)F)ccc21. The van der Waals surface area contributed by atoms with Crippen LogP contribution in [0.3, 0.4) is 0 Å². The zero-order chi connectivity index (χ0) is 19.8. The minimum Gasteiger partial charge on any atom is -0.347 e. The molecule has 1 N–H and O–H groups in total. The minimum absolute atomic E-state index is 0.130. The first kappa shape index (κ1) is 18.6. The smallest absolute Gasteiger partial charge is 0.347 e. The number of hydrogen-bond donors (Lipinski definition) is 1. The molecule has 0 unspecified atom stereocenters. The molecule has 3 rings (SSSR count). The van der Waals surface area contributed by atoms with E-state index in [0.717, 1.165) is 18.2 Å². The van der Waals surface area contributed by atoms with Gasteiger partial charge in [0.15, 0.2) is 0 Å². The van der Waals surface area contributed by atoms with Crippen molar-refractivity contribution in [2.45, 2.75) is 19.6 Å². The number of aromatic nitrogens is 1. The second kappa shape index (κ2) is 6.86. The third-order valence-electron chi connectivity index (χ3n) is 4.11. The molecular weight excluding hydrogens is 364 g/mol. The van der Waals surface area contributed by atoms with Gasteiger partial charge >= 0.3 is 6.18 Å². The van der Waals surface area contributed by atoms with Gasteiger partial charge in [-0.1, -0.05) is 12.1 Å².